The van der Waals surface area contributed by atoms with Crippen molar-refractivity contribution in [3.63, 3.8) is 0 Å². The zero-order chi connectivity index (χ0) is 12.1. The summed E-state index contributed by atoms with van der Waals surface area (Å²) >= 11 is 5.85. The first-order chi connectivity index (χ1) is 7.52. The van der Waals surface area contributed by atoms with Gasteiger partial charge in [0.05, 0.1) is 19.3 Å². The first-order valence-corrected chi connectivity index (χ1v) is 5.19. The fourth-order valence-corrected chi connectivity index (χ4v) is 1.43. The number of hydrogen-bond donors (Lipinski definition) is 1. The maximum absolute atomic E-state index is 11.6. The molecule has 88 valence electrons. The highest BCUT2D eigenvalue weighted by molar-refractivity contribution is 6.31. The van der Waals surface area contributed by atoms with Gasteiger partial charge in [0.25, 0.3) is 0 Å². The van der Waals surface area contributed by atoms with E-state index < -0.39 is 0 Å². The average Bonchev–Trinajstić information content (AvgIpc) is 2.16. The fourth-order valence-electron chi connectivity index (χ4n) is 1.25. The van der Waals surface area contributed by atoms with Gasteiger partial charge in [-0.3, -0.25) is 4.79 Å². The van der Waals surface area contributed by atoms with Crippen molar-refractivity contribution in [2.24, 2.45) is 0 Å². The van der Waals surface area contributed by atoms with Gasteiger partial charge >= 0.3 is 0 Å². The molecule has 0 saturated carbocycles. The Balaban J connectivity index is 2.79. The summed E-state index contributed by atoms with van der Waals surface area (Å²) < 4.78 is 5.12. The van der Waals surface area contributed by atoms with Crippen molar-refractivity contribution in [3.05, 3.63) is 23.2 Å². The van der Waals surface area contributed by atoms with E-state index in [2.05, 4.69) is 5.32 Å². The molecule has 0 aromatic heterocycles. The van der Waals surface area contributed by atoms with Crippen molar-refractivity contribution >= 4 is 23.2 Å². The molecule has 0 heterocycles. The molecule has 1 aromatic carbocycles. The van der Waals surface area contributed by atoms with Crippen molar-refractivity contribution in [3.8, 4) is 5.75 Å². The molecule has 0 aliphatic heterocycles. The Kier molecular flexibility index (Phi) is 4.58. The average molecular weight is 243 g/mol. The minimum atomic E-state index is -0.106. The lowest BCUT2D eigenvalue weighted by molar-refractivity contribution is -0.116. The Morgan fingerprint density at radius 2 is 2.19 bits per heavy atom. The van der Waals surface area contributed by atoms with Crippen LogP contribution in [0.4, 0.5) is 5.69 Å². The number of methoxy groups -OCH3 is 1. The van der Waals surface area contributed by atoms with E-state index in [4.69, 9.17) is 16.3 Å². The van der Waals surface area contributed by atoms with E-state index in [1.807, 2.05) is 14.1 Å². The van der Waals surface area contributed by atoms with Crippen molar-refractivity contribution in [2.75, 3.05) is 33.1 Å². The molecule has 0 aliphatic carbocycles. The highest BCUT2D eigenvalue weighted by Gasteiger charge is 2.08. The van der Waals surface area contributed by atoms with Gasteiger partial charge in [-0.1, -0.05) is 11.6 Å². The van der Waals surface area contributed by atoms with Crippen LogP contribution in [0.3, 0.4) is 0 Å². The van der Waals surface area contributed by atoms with Gasteiger partial charge in [-0.05, 0) is 32.3 Å². The number of rotatable bonds is 4. The largest absolute Gasteiger partial charge is 0.495 e. The van der Waals surface area contributed by atoms with Crippen LogP contribution in [-0.2, 0) is 4.79 Å². The number of nitrogens with zero attached hydrogens (tertiary/aromatic N) is 1. The lowest BCUT2D eigenvalue weighted by Crippen LogP contribution is -2.27. The molecule has 0 fully saturated rings. The second-order valence-electron chi connectivity index (χ2n) is 3.63. The summed E-state index contributed by atoms with van der Waals surface area (Å²) in [6.45, 7) is 0.315. The Bertz CT molecular complexity index is 380. The lowest BCUT2D eigenvalue weighted by Gasteiger charge is -2.12. The number of anilines is 1. The van der Waals surface area contributed by atoms with E-state index in [1.54, 1.807) is 30.2 Å². The number of benzene rings is 1. The maximum atomic E-state index is 11.6. The molecule has 0 bridgehead atoms. The Morgan fingerprint density at radius 1 is 1.50 bits per heavy atom. The molecule has 1 amide bonds. The third kappa shape index (κ3) is 3.72. The highest BCUT2D eigenvalue weighted by Crippen LogP contribution is 2.27. The van der Waals surface area contributed by atoms with Crippen molar-refractivity contribution in [2.45, 2.75) is 0 Å². The zero-order valence-electron chi connectivity index (χ0n) is 9.58. The molecule has 0 unspecified atom stereocenters. The number of likely N-dealkylation sites (N-methyl/N-ethyl adjacent to an activating group) is 1. The SMILES string of the molecule is COc1ccc(Cl)cc1NC(=O)CN(C)C. The van der Waals surface area contributed by atoms with Gasteiger partial charge in [0, 0.05) is 5.02 Å². The molecule has 0 atom stereocenters. The van der Waals surface area contributed by atoms with Gasteiger partial charge in [0.2, 0.25) is 5.91 Å². The van der Waals surface area contributed by atoms with E-state index in [9.17, 15) is 4.79 Å². The third-order valence-electron chi connectivity index (χ3n) is 1.90. The minimum absolute atomic E-state index is 0.106. The molecule has 16 heavy (non-hydrogen) atoms. The van der Waals surface area contributed by atoms with Crippen LogP contribution in [0.15, 0.2) is 18.2 Å². The fraction of sp³-hybridized carbons (Fsp3) is 0.364. The summed E-state index contributed by atoms with van der Waals surface area (Å²) in [4.78, 5) is 13.3. The van der Waals surface area contributed by atoms with Crippen LogP contribution in [0, 0.1) is 0 Å². The molecule has 0 radical (unpaired) electrons. The number of carbonyl (C=O) groups excluding carboxylic acids is 1. The quantitative estimate of drug-likeness (QED) is 0.876. The Labute approximate surface area is 100 Å². The molecule has 4 nitrogen and oxygen atoms in total. The predicted molar refractivity (Wildman–Crippen MR) is 65.2 cm³/mol. The minimum Gasteiger partial charge on any atom is -0.495 e. The van der Waals surface area contributed by atoms with E-state index in [1.165, 1.54) is 0 Å². The first kappa shape index (κ1) is 12.8. The molecular weight excluding hydrogens is 228 g/mol. The van der Waals surface area contributed by atoms with Crippen molar-refractivity contribution in [1.82, 2.24) is 4.90 Å². The molecule has 1 rings (SSSR count). The van der Waals surface area contributed by atoms with Crippen LogP contribution in [-0.4, -0.2) is 38.6 Å². The monoisotopic (exact) mass is 242 g/mol. The summed E-state index contributed by atoms with van der Waals surface area (Å²) in [5.74, 6) is 0.488. The van der Waals surface area contributed by atoms with Gasteiger partial charge in [-0.2, -0.15) is 0 Å². The van der Waals surface area contributed by atoms with Crippen LogP contribution in [0.2, 0.25) is 5.02 Å². The van der Waals surface area contributed by atoms with Crippen molar-refractivity contribution < 1.29 is 9.53 Å². The van der Waals surface area contributed by atoms with Gasteiger partial charge < -0.3 is 15.0 Å². The second kappa shape index (κ2) is 5.72. The number of nitrogens with one attached hydrogen (secondary N) is 1. The molecular formula is C11H15ClN2O2. The highest BCUT2D eigenvalue weighted by atomic mass is 35.5. The summed E-state index contributed by atoms with van der Waals surface area (Å²) in [5, 5.41) is 3.30. The molecule has 0 spiro atoms. The smallest absolute Gasteiger partial charge is 0.238 e. The number of halogens is 1. The standard InChI is InChI=1S/C11H15ClN2O2/c1-14(2)7-11(15)13-9-6-8(12)4-5-10(9)16-3/h4-6H,7H2,1-3H3,(H,13,15). The first-order valence-electron chi connectivity index (χ1n) is 4.81. The van der Waals surface area contributed by atoms with Crippen LogP contribution in [0.1, 0.15) is 0 Å². The molecule has 1 aromatic rings. The van der Waals surface area contributed by atoms with Crippen LogP contribution >= 0.6 is 11.6 Å². The van der Waals surface area contributed by atoms with E-state index in [0.717, 1.165) is 0 Å². The number of ether oxygens (including phenoxy) is 1. The summed E-state index contributed by atoms with van der Waals surface area (Å²) in [5.41, 5.74) is 0.585. The molecule has 0 saturated heterocycles. The molecule has 5 heteroatoms. The van der Waals surface area contributed by atoms with Crippen LogP contribution in [0.5, 0.6) is 5.75 Å². The van der Waals surface area contributed by atoms with Gasteiger partial charge in [-0.15, -0.1) is 0 Å². The maximum Gasteiger partial charge on any atom is 0.238 e. The van der Waals surface area contributed by atoms with Crippen LogP contribution in [0.25, 0.3) is 0 Å². The number of amides is 1. The lowest BCUT2D eigenvalue weighted by atomic mass is 10.3. The molecule has 1 N–H and O–H groups in total. The van der Waals surface area contributed by atoms with E-state index >= 15 is 0 Å². The second-order valence-corrected chi connectivity index (χ2v) is 4.07. The predicted octanol–water partition coefficient (Wildman–Crippen LogP) is 1.85. The van der Waals surface area contributed by atoms with Gasteiger partial charge in [-0.25, -0.2) is 0 Å². The Hall–Kier alpha value is -1.26. The van der Waals surface area contributed by atoms with Gasteiger partial charge in [0.15, 0.2) is 0 Å². The van der Waals surface area contributed by atoms with E-state index in [-0.39, 0.29) is 5.91 Å². The summed E-state index contributed by atoms with van der Waals surface area (Å²) in [6.07, 6.45) is 0. The van der Waals surface area contributed by atoms with Crippen LogP contribution < -0.4 is 10.1 Å². The van der Waals surface area contributed by atoms with Gasteiger partial charge in [0.1, 0.15) is 5.75 Å². The normalized spacial score (nSPS) is 10.3. The summed E-state index contributed by atoms with van der Waals surface area (Å²) in [7, 11) is 5.20. The third-order valence-corrected chi connectivity index (χ3v) is 2.13. The summed E-state index contributed by atoms with van der Waals surface area (Å²) in [6, 6.07) is 5.09. The topological polar surface area (TPSA) is 41.6 Å². The number of carbonyl (C=O) groups is 1. The number of hydrogen-bond acceptors (Lipinski definition) is 3. The van der Waals surface area contributed by atoms with Crippen molar-refractivity contribution in [1.29, 1.82) is 0 Å². The van der Waals surface area contributed by atoms with E-state index in [0.29, 0.717) is 23.0 Å². The Morgan fingerprint density at radius 3 is 2.75 bits per heavy atom. The molecule has 0 aliphatic rings. The zero-order valence-corrected chi connectivity index (χ0v) is 10.3.